The van der Waals surface area contributed by atoms with Gasteiger partial charge in [0.25, 0.3) is 0 Å². The number of rotatable bonds is 7. The molecule has 17 heavy (non-hydrogen) atoms. The average molecular weight is 232 g/mol. The first kappa shape index (κ1) is 14.3. The quantitative estimate of drug-likeness (QED) is 0.533. The van der Waals surface area contributed by atoms with E-state index in [2.05, 4.69) is 58.0 Å². The SMILES string of the molecule is CC(CCCCC(C)C(C)C)c1ccccc1. The van der Waals surface area contributed by atoms with E-state index in [4.69, 9.17) is 0 Å². The first-order valence-corrected chi connectivity index (χ1v) is 7.16. The van der Waals surface area contributed by atoms with Gasteiger partial charge >= 0.3 is 0 Å². The maximum absolute atomic E-state index is 2.38. The summed E-state index contributed by atoms with van der Waals surface area (Å²) in [5.74, 6) is 2.43. The Labute approximate surface area is 107 Å². The second-order valence-electron chi connectivity index (χ2n) is 5.82. The minimum absolute atomic E-state index is 0.713. The van der Waals surface area contributed by atoms with Gasteiger partial charge in [0.2, 0.25) is 0 Å². The van der Waals surface area contributed by atoms with Crippen LogP contribution in [0.25, 0.3) is 0 Å². The lowest BCUT2D eigenvalue weighted by Gasteiger charge is -2.16. The van der Waals surface area contributed by atoms with Gasteiger partial charge in [-0.05, 0) is 29.7 Å². The predicted octanol–water partition coefficient (Wildman–Crippen LogP) is 5.64. The van der Waals surface area contributed by atoms with E-state index in [1.54, 1.807) is 0 Å². The van der Waals surface area contributed by atoms with Crippen molar-refractivity contribution >= 4 is 0 Å². The van der Waals surface area contributed by atoms with E-state index in [9.17, 15) is 0 Å². The molecule has 2 unspecified atom stereocenters. The van der Waals surface area contributed by atoms with Gasteiger partial charge in [0.15, 0.2) is 0 Å². The van der Waals surface area contributed by atoms with Crippen LogP contribution >= 0.6 is 0 Å². The highest BCUT2D eigenvalue weighted by atomic mass is 14.1. The van der Waals surface area contributed by atoms with E-state index >= 15 is 0 Å². The Morgan fingerprint density at radius 3 is 2.00 bits per heavy atom. The lowest BCUT2D eigenvalue weighted by Crippen LogP contribution is -2.03. The molecule has 1 rings (SSSR count). The van der Waals surface area contributed by atoms with Crippen LogP contribution in [0.3, 0.4) is 0 Å². The van der Waals surface area contributed by atoms with Gasteiger partial charge in [-0.1, -0.05) is 77.3 Å². The smallest absolute Gasteiger partial charge is 0.0190 e. The first-order valence-electron chi connectivity index (χ1n) is 7.16. The van der Waals surface area contributed by atoms with E-state index in [-0.39, 0.29) is 0 Å². The van der Waals surface area contributed by atoms with Crippen LogP contribution < -0.4 is 0 Å². The molecule has 0 amide bonds. The number of hydrogen-bond acceptors (Lipinski definition) is 0. The molecule has 0 N–H and O–H groups in total. The van der Waals surface area contributed by atoms with Crippen LogP contribution in [0.2, 0.25) is 0 Å². The van der Waals surface area contributed by atoms with Crippen molar-refractivity contribution in [3.05, 3.63) is 35.9 Å². The summed E-state index contributed by atoms with van der Waals surface area (Å²) >= 11 is 0. The molecule has 0 heteroatoms. The Morgan fingerprint density at radius 2 is 1.41 bits per heavy atom. The van der Waals surface area contributed by atoms with Crippen LogP contribution in [0.15, 0.2) is 30.3 Å². The van der Waals surface area contributed by atoms with Crippen molar-refractivity contribution < 1.29 is 0 Å². The third-order valence-corrected chi connectivity index (χ3v) is 4.05. The second kappa shape index (κ2) is 7.53. The summed E-state index contributed by atoms with van der Waals surface area (Å²) in [4.78, 5) is 0. The molecule has 0 aliphatic rings. The lowest BCUT2D eigenvalue weighted by molar-refractivity contribution is 0.373. The summed E-state index contributed by atoms with van der Waals surface area (Å²) < 4.78 is 0. The lowest BCUT2D eigenvalue weighted by atomic mass is 9.90. The third kappa shape index (κ3) is 5.39. The molecule has 96 valence electrons. The summed E-state index contributed by atoms with van der Waals surface area (Å²) in [6.07, 6.45) is 5.47. The minimum Gasteiger partial charge on any atom is -0.0625 e. The molecule has 0 heterocycles. The zero-order valence-electron chi connectivity index (χ0n) is 11.9. The summed E-state index contributed by atoms with van der Waals surface area (Å²) in [5.41, 5.74) is 1.49. The van der Waals surface area contributed by atoms with Crippen molar-refractivity contribution in [2.45, 2.75) is 59.3 Å². The maximum Gasteiger partial charge on any atom is -0.0190 e. The van der Waals surface area contributed by atoms with Gasteiger partial charge in [0, 0.05) is 0 Å². The van der Waals surface area contributed by atoms with Crippen LogP contribution in [0.5, 0.6) is 0 Å². The van der Waals surface area contributed by atoms with Gasteiger partial charge in [-0.3, -0.25) is 0 Å². The second-order valence-corrected chi connectivity index (χ2v) is 5.82. The number of benzene rings is 1. The molecule has 0 fully saturated rings. The third-order valence-electron chi connectivity index (χ3n) is 4.05. The van der Waals surface area contributed by atoms with Crippen molar-refractivity contribution in [2.75, 3.05) is 0 Å². The summed E-state index contributed by atoms with van der Waals surface area (Å²) in [6.45, 7) is 9.39. The highest BCUT2D eigenvalue weighted by Crippen LogP contribution is 2.23. The van der Waals surface area contributed by atoms with Gasteiger partial charge in [-0.2, -0.15) is 0 Å². The summed E-state index contributed by atoms with van der Waals surface area (Å²) in [5, 5.41) is 0. The molecule has 0 saturated heterocycles. The van der Waals surface area contributed by atoms with Crippen molar-refractivity contribution in [3.8, 4) is 0 Å². The first-order chi connectivity index (χ1) is 8.11. The molecule has 0 bridgehead atoms. The zero-order valence-corrected chi connectivity index (χ0v) is 11.9. The largest absolute Gasteiger partial charge is 0.0625 e. The fourth-order valence-electron chi connectivity index (χ4n) is 2.20. The van der Waals surface area contributed by atoms with E-state index in [0.29, 0.717) is 5.92 Å². The van der Waals surface area contributed by atoms with E-state index in [1.165, 1.54) is 31.2 Å². The molecular formula is C17H28. The molecule has 1 aromatic carbocycles. The monoisotopic (exact) mass is 232 g/mol. The van der Waals surface area contributed by atoms with Gasteiger partial charge < -0.3 is 0 Å². The van der Waals surface area contributed by atoms with E-state index in [0.717, 1.165) is 11.8 Å². The van der Waals surface area contributed by atoms with Gasteiger partial charge in [0.05, 0.1) is 0 Å². The Morgan fingerprint density at radius 1 is 0.824 bits per heavy atom. The van der Waals surface area contributed by atoms with Crippen LogP contribution in [0.1, 0.15) is 64.9 Å². The predicted molar refractivity (Wildman–Crippen MR) is 77.3 cm³/mol. The topological polar surface area (TPSA) is 0 Å². The average Bonchev–Trinajstić information content (AvgIpc) is 2.35. The summed E-state index contributed by atoms with van der Waals surface area (Å²) in [7, 11) is 0. The molecule has 0 saturated carbocycles. The Kier molecular flexibility index (Phi) is 6.32. The van der Waals surface area contributed by atoms with Crippen LogP contribution in [-0.2, 0) is 0 Å². The van der Waals surface area contributed by atoms with Gasteiger partial charge in [0.1, 0.15) is 0 Å². The molecule has 1 aromatic rings. The molecule has 0 nitrogen and oxygen atoms in total. The van der Waals surface area contributed by atoms with Crippen molar-refractivity contribution in [3.63, 3.8) is 0 Å². The Hall–Kier alpha value is -0.780. The Bertz CT molecular complexity index is 286. The molecular weight excluding hydrogens is 204 g/mol. The molecule has 0 spiro atoms. The van der Waals surface area contributed by atoms with Crippen molar-refractivity contribution in [1.82, 2.24) is 0 Å². The fraction of sp³-hybridized carbons (Fsp3) is 0.647. The molecule has 2 atom stereocenters. The molecule has 0 aliphatic carbocycles. The van der Waals surface area contributed by atoms with Crippen LogP contribution in [-0.4, -0.2) is 0 Å². The van der Waals surface area contributed by atoms with Crippen LogP contribution in [0.4, 0.5) is 0 Å². The maximum atomic E-state index is 2.38. The van der Waals surface area contributed by atoms with E-state index < -0.39 is 0 Å². The number of unbranched alkanes of at least 4 members (excludes halogenated alkanes) is 1. The van der Waals surface area contributed by atoms with Crippen LogP contribution in [0, 0.1) is 11.8 Å². The van der Waals surface area contributed by atoms with E-state index in [1.807, 2.05) is 0 Å². The van der Waals surface area contributed by atoms with Crippen molar-refractivity contribution in [2.24, 2.45) is 11.8 Å². The van der Waals surface area contributed by atoms with Gasteiger partial charge in [-0.25, -0.2) is 0 Å². The zero-order chi connectivity index (χ0) is 12.7. The molecule has 0 aliphatic heterocycles. The standard InChI is InChI=1S/C17H28/c1-14(2)15(3)10-8-9-11-16(4)17-12-6-5-7-13-17/h5-7,12-16H,8-11H2,1-4H3. The highest BCUT2D eigenvalue weighted by molar-refractivity contribution is 5.18. The van der Waals surface area contributed by atoms with Gasteiger partial charge in [-0.15, -0.1) is 0 Å². The summed E-state index contributed by atoms with van der Waals surface area (Å²) in [6, 6.07) is 10.9. The number of hydrogen-bond donors (Lipinski definition) is 0. The molecule has 0 radical (unpaired) electrons. The van der Waals surface area contributed by atoms with Crippen molar-refractivity contribution in [1.29, 1.82) is 0 Å². The fourth-order valence-corrected chi connectivity index (χ4v) is 2.20. The normalized spacial score (nSPS) is 14.9. The highest BCUT2D eigenvalue weighted by Gasteiger charge is 2.08. The Balaban J connectivity index is 2.19. The molecule has 0 aromatic heterocycles. The minimum atomic E-state index is 0.713.